The molecule has 0 atom stereocenters. The van der Waals surface area contributed by atoms with E-state index in [0.717, 1.165) is 28.5 Å². The maximum atomic E-state index is 10.8. The third-order valence-electron chi connectivity index (χ3n) is 4.50. The summed E-state index contributed by atoms with van der Waals surface area (Å²) in [6.07, 6.45) is 0. The molecular weight excluding hydrogens is 513 g/mol. The predicted molar refractivity (Wildman–Crippen MR) is 126 cm³/mol. The molecule has 0 saturated heterocycles. The number of nitro benzene ring substituents is 1. The van der Waals surface area contributed by atoms with Crippen molar-refractivity contribution in [2.45, 2.75) is 13.8 Å². The number of non-ortho nitro benzene ring substituents is 1. The molecule has 0 spiro atoms. The van der Waals surface area contributed by atoms with E-state index in [1.165, 1.54) is 12.1 Å². The Kier molecular flexibility index (Phi) is 10.5. The Bertz CT molecular complexity index is 1130. The number of aromatic nitrogens is 1. The second-order valence-electron chi connectivity index (χ2n) is 6.55. The van der Waals surface area contributed by atoms with Gasteiger partial charge in [0.2, 0.25) is 0 Å². The number of halogens is 2. The Balaban J connectivity index is 0.00000122. The van der Waals surface area contributed by atoms with Crippen LogP contribution in [0.15, 0.2) is 70.6 Å². The zero-order valence-corrected chi connectivity index (χ0v) is 20.5. The van der Waals surface area contributed by atoms with E-state index in [2.05, 4.69) is 15.0 Å². The van der Waals surface area contributed by atoms with Crippen molar-refractivity contribution in [2.24, 2.45) is 22.9 Å². The first-order chi connectivity index (χ1) is 15.8. The molecule has 3 rings (SSSR count). The van der Waals surface area contributed by atoms with Crippen molar-refractivity contribution in [1.29, 1.82) is 0 Å². The van der Waals surface area contributed by atoms with Gasteiger partial charge in [-0.2, -0.15) is 5.90 Å². The average Bonchev–Trinajstić information content (AvgIpc) is 3.18. The van der Waals surface area contributed by atoms with Gasteiger partial charge in [0.15, 0.2) is 5.75 Å². The van der Waals surface area contributed by atoms with Crippen molar-refractivity contribution in [3.63, 3.8) is 0 Å². The Labute approximate surface area is 205 Å². The van der Waals surface area contributed by atoms with Gasteiger partial charge in [0.25, 0.3) is 5.69 Å². The number of rotatable bonds is 7. The molecule has 0 aliphatic heterocycles. The van der Waals surface area contributed by atoms with Crippen LogP contribution >= 0.6 is 20.2 Å². The Morgan fingerprint density at radius 1 is 0.939 bits per heavy atom. The molecule has 0 bridgehead atoms. The summed E-state index contributed by atoms with van der Waals surface area (Å²) in [6.45, 7) is 3.82. The molecule has 1 aromatic heterocycles. The summed E-state index contributed by atoms with van der Waals surface area (Å²) in [5, 5.41) is 10.8. The molecule has 0 aliphatic carbocycles. The SMILES string of the molecule is CC(=Nc1ccc(OON)cc1)c1ccc(C(C)=Nc2ccc([N+](=O)[O-])cc2)n1C.[Cl][Fe][Cl]. The molecule has 12 heteroatoms. The molecule has 1 heterocycles. The van der Waals surface area contributed by atoms with Gasteiger partial charge in [-0.1, -0.05) is 4.99 Å². The fourth-order valence-electron chi connectivity index (χ4n) is 3.02. The van der Waals surface area contributed by atoms with E-state index >= 15 is 0 Å². The zero-order chi connectivity index (χ0) is 24.4. The van der Waals surface area contributed by atoms with Crippen LogP contribution in [-0.2, 0) is 25.2 Å². The Morgan fingerprint density at radius 3 is 1.76 bits per heavy atom. The van der Waals surface area contributed by atoms with E-state index in [9.17, 15) is 10.1 Å². The van der Waals surface area contributed by atoms with Crippen LogP contribution in [0.1, 0.15) is 25.2 Å². The molecule has 9 nitrogen and oxygen atoms in total. The van der Waals surface area contributed by atoms with E-state index in [-0.39, 0.29) is 18.8 Å². The van der Waals surface area contributed by atoms with Gasteiger partial charge >= 0.3 is 33.3 Å². The molecule has 0 amide bonds. The van der Waals surface area contributed by atoms with Gasteiger partial charge in [0, 0.05) is 19.2 Å². The zero-order valence-electron chi connectivity index (χ0n) is 17.9. The predicted octanol–water partition coefficient (Wildman–Crippen LogP) is 5.78. The Hall–Kier alpha value is -2.72. The van der Waals surface area contributed by atoms with E-state index < -0.39 is 4.92 Å². The van der Waals surface area contributed by atoms with E-state index in [0.29, 0.717) is 11.4 Å². The first-order valence-corrected chi connectivity index (χ1v) is 12.3. The number of nitrogens with zero attached hydrogens (tertiary/aromatic N) is 4. The van der Waals surface area contributed by atoms with Crippen molar-refractivity contribution in [1.82, 2.24) is 4.57 Å². The molecule has 33 heavy (non-hydrogen) atoms. The standard InChI is InChI=1S/C21H21N5O4.2ClH.Fe/c1-14(23-16-4-8-18(9-5-16)26(27)28)20-12-13-21(25(20)3)15(2)24-17-6-10-19(11-7-17)29-30-22;;;/h4-13H,22H2,1-3H3;2*1H;/q;;;+2/p-2. The Morgan fingerprint density at radius 2 is 1.36 bits per heavy atom. The second kappa shape index (κ2) is 13.1. The first kappa shape index (κ1) is 26.5. The van der Waals surface area contributed by atoms with Crippen molar-refractivity contribution < 1.29 is 27.9 Å². The molecule has 176 valence electrons. The third kappa shape index (κ3) is 7.68. The van der Waals surface area contributed by atoms with E-state index in [4.69, 9.17) is 31.0 Å². The summed E-state index contributed by atoms with van der Waals surface area (Å²) >= 11 is 0.194. The quantitative estimate of drug-likeness (QED) is 0.136. The molecule has 2 N–H and O–H groups in total. The molecule has 0 saturated carbocycles. The fourth-order valence-corrected chi connectivity index (χ4v) is 3.02. The van der Waals surface area contributed by atoms with Crippen LogP contribution in [0, 0.1) is 10.1 Å². The van der Waals surface area contributed by atoms with Crippen molar-refractivity contribution in [3.8, 4) is 5.75 Å². The van der Waals surface area contributed by atoms with Crippen LogP contribution in [0.2, 0.25) is 0 Å². The van der Waals surface area contributed by atoms with Gasteiger partial charge in [0.05, 0.1) is 39.1 Å². The topological polar surface area (TPSA) is 117 Å². The molecular formula is C21H21Cl2FeN5O4. The number of hydrogen-bond donors (Lipinski definition) is 1. The van der Waals surface area contributed by atoms with Crippen LogP contribution in [0.5, 0.6) is 5.75 Å². The summed E-state index contributed by atoms with van der Waals surface area (Å²) in [4.78, 5) is 28.4. The van der Waals surface area contributed by atoms with Gasteiger partial charge < -0.3 is 9.45 Å². The fraction of sp³-hybridized carbons (Fsp3) is 0.143. The molecule has 0 fully saturated rings. The number of nitro groups is 1. The van der Waals surface area contributed by atoms with Crippen molar-refractivity contribution in [2.75, 3.05) is 0 Å². The van der Waals surface area contributed by atoms with Crippen LogP contribution < -0.4 is 10.8 Å². The minimum atomic E-state index is -0.432. The average molecular weight is 534 g/mol. The van der Waals surface area contributed by atoms with Crippen molar-refractivity contribution >= 4 is 48.7 Å². The molecule has 0 radical (unpaired) electrons. The van der Waals surface area contributed by atoms with E-state index in [1.54, 1.807) is 36.4 Å². The van der Waals surface area contributed by atoms with Crippen LogP contribution in [0.4, 0.5) is 17.1 Å². The monoisotopic (exact) mass is 533 g/mol. The van der Waals surface area contributed by atoms with Crippen LogP contribution in [0.3, 0.4) is 0 Å². The summed E-state index contributed by atoms with van der Waals surface area (Å²) in [5.41, 5.74) is 4.92. The molecule has 0 unspecified atom stereocenters. The summed E-state index contributed by atoms with van der Waals surface area (Å²) in [6, 6.07) is 17.1. The van der Waals surface area contributed by atoms with Gasteiger partial charge in [-0.3, -0.25) is 20.1 Å². The number of hydrogen-bond acceptors (Lipinski definition) is 7. The number of nitrogens with two attached hydrogens (primary N) is 1. The summed E-state index contributed by atoms with van der Waals surface area (Å²) in [7, 11) is 11.5. The van der Waals surface area contributed by atoms with Gasteiger partial charge in [-0.05, 0) is 62.4 Å². The number of benzene rings is 2. The maximum absolute atomic E-state index is 10.8. The molecule has 2 aromatic carbocycles. The summed E-state index contributed by atoms with van der Waals surface area (Å²) in [5.74, 6) is 5.36. The van der Waals surface area contributed by atoms with Crippen molar-refractivity contribution in [3.05, 3.63) is 82.2 Å². The van der Waals surface area contributed by atoms with Gasteiger partial charge in [-0.25, -0.2) is 0 Å². The normalized spacial score (nSPS) is 11.7. The van der Waals surface area contributed by atoms with Gasteiger partial charge in [-0.15, -0.1) is 0 Å². The van der Waals surface area contributed by atoms with E-state index in [1.807, 2.05) is 37.6 Å². The van der Waals surface area contributed by atoms with Crippen LogP contribution in [0.25, 0.3) is 0 Å². The third-order valence-corrected chi connectivity index (χ3v) is 4.50. The number of aliphatic imine (C=N–C) groups is 2. The van der Waals surface area contributed by atoms with Gasteiger partial charge in [0.1, 0.15) is 0 Å². The first-order valence-electron chi connectivity index (χ1n) is 9.30. The molecule has 0 aliphatic rings. The molecule has 3 aromatic rings. The summed E-state index contributed by atoms with van der Waals surface area (Å²) < 4.78 is 2.00. The minimum absolute atomic E-state index is 0.0368. The second-order valence-corrected chi connectivity index (χ2v) is 8.38. The van der Waals surface area contributed by atoms with Crippen LogP contribution in [-0.4, -0.2) is 20.9 Å².